The molecule has 0 atom stereocenters. The van der Waals surface area contributed by atoms with E-state index in [-0.39, 0.29) is 0 Å². The molecule has 2 N–H and O–H groups in total. The van der Waals surface area contributed by atoms with Crippen molar-refractivity contribution in [2.75, 3.05) is 38.0 Å². The summed E-state index contributed by atoms with van der Waals surface area (Å²) in [4.78, 5) is 4.16. The van der Waals surface area contributed by atoms with Gasteiger partial charge >= 0.3 is 213 Å². The number of rotatable bonds is 9. The number of fused-ring (bicyclic) bond motifs is 1. The van der Waals surface area contributed by atoms with Crippen LogP contribution in [0.1, 0.15) is 41.5 Å². The van der Waals surface area contributed by atoms with Gasteiger partial charge in [0.1, 0.15) is 0 Å². The van der Waals surface area contributed by atoms with E-state index in [2.05, 4.69) is 146 Å². The van der Waals surface area contributed by atoms with E-state index >= 15 is 0 Å². The summed E-state index contributed by atoms with van der Waals surface area (Å²) < 4.78 is 7.24. The Bertz CT molecular complexity index is 2000. The van der Waals surface area contributed by atoms with E-state index in [0.717, 1.165) is 88.6 Å². The molecule has 245 valence electrons. The molecule has 1 aliphatic heterocycles. The predicted molar refractivity (Wildman–Crippen MR) is 210 cm³/mol. The van der Waals surface area contributed by atoms with Crippen LogP contribution < -0.4 is 14.5 Å². The van der Waals surface area contributed by atoms with Gasteiger partial charge in [-0.2, -0.15) is 0 Å². The van der Waals surface area contributed by atoms with Crippen molar-refractivity contribution < 1.29 is 9.84 Å². The van der Waals surface area contributed by atoms with Gasteiger partial charge in [0.15, 0.2) is 0 Å². The molecule has 0 amide bonds. The van der Waals surface area contributed by atoms with Crippen LogP contribution in [0.4, 0.5) is 11.4 Å². The second-order valence-corrected chi connectivity index (χ2v) is 14.8. The van der Waals surface area contributed by atoms with E-state index in [1.165, 1.54) is 33.4 Å². The quantitative estimate of drug-likeness (QED) is 0.0959. The zero-order valence-corrected chi connectivity index (χ0v) is 32.7. The number of ether oxygens (including phenoxy) is 1. The Morgan fingerprint density at radius 2 is 1.51 bits per heavy atom. The van der Waals surface area contributed by atoms with Crippen molar-refractivity contribution in [1.82, 2.24) is 0 Å². The third-order valence-corrected chi connectivity index (χ3v) is 10.0. The maximum absolute atomic E-state index is 8.96. The van der Waals surface area contributed by atoms with Gasteiger partial charge in [0.2, 0.25) is 0 Å². The summed E-state index contributed by atoms with van der Waals surface area (Å²) >= 11 is 0.842. The minimum absolute atomic E-state index is 0.532. The summed E-state index contributed by atoms with van der Waals surface area (Å²) in [5.74, 6) is 1.46. The fraction of sp³-hybridized carbons (Fsp3) is 0.182. The zero-order valence-electron chi connectivity index (χ0n) is 28.8. The van der Waals surface area contributed by atoms with Crippen molar-refractivity contribution in [2.24, 2.45) is 0 Å². The van der Waals surface area contributed by atoms with Crippen molar-refractivity contribution in [3.05, 3.63) is 170 Å². The van der Waals surface area contributed by atoms with Gasteiger partial charge < -0.3 is 10.0 Å². The van der Waals surface area contributed by atoms with Gasteiger partial charge in [-0.15, -0.1) is 0 Å². The second kappa shape index (κ2) is 15.8. The molecule has 4 aromatic carbocycles. The van der Waals surface area contributed by atoms with E-state index < -0.39 is 0 Å². The molecule has 1 heterocycles. The molecule has 2 aliphatic rings. The first-order valence-corrected chi connectivity index (χ1v) is 18.8. The molecule has 0 fully saturated rings. The van der Waals surface area contributed by atoms with Gasteiger partial charge in [-0.05, 0) is 24.1 Å². The van der Waals surface area contributed by atoms with Gasteiger partial charge in [-0.1, -0.05) is 30.3 Å². The van der Waals surface area contributed by atoms with Crippen LogP contribution in [0, 0.1) is 0 Å². The Morgan fingerprint density at radius 1 is 0.816 bits per heavy atom. The average molecular weight is 840 g/mol. The molecule has 1 aliphatic carbocycles. The number of allylic oxidation sites excluding steroid dienone is 11. The van der Waals surface area contributed by atoms with Crippen LogP contribution in [-0.2, 0) is 6.42 Å². The standard InChI is InChI=1S/C44H43N2O2.Pb/c1-45(2)38-24-26-40(42(47)30-38)33(19-18-32-12-7-5-8-13-32)20-22-36-16-11-17-37(44(36)35-14-9-6-10-15-35)23-21-34-28-29-48-43-31-39(46(3)4)25-27-41(34)43;/h5-10,12-15,19-28,30-31,47H,11,16-18H2,1-4H3;/p+1/b22-20+,33-19-,34-21+,37-23+;. The molecule has 0 bridgehead atoms. The molecule has 6 rings (SSSR count). The molecular formula is C44H44N2O2Pb+. The molecular weight excluding hydrogens is 796 g/mol. The summed E-state index contributed by atoms with van der Waals surface area (Å²) in [6.07, 6.45) is 17.5. The summed E-state index contributed by atoms with van der Waals surface area (Å²) in [5.41, 5.74) is 13.0. The zero-order chi connectivity index (χ0) is 34.3. The summed E-state index contributed by atoms with van der Waals surface area (Å²) in [7, 11) is 8.15. The van der Waals surface area contributed by atoms with Crippen molar-refractivity contribution in [1.29, 1.82) is 0 Å². The van der Waals surface area contributed by atoms with Crippen molar-refractivity contribution in [3.8, 4) is 11.5 Å². The number of benzene rings is 4. The summed E-state index contributed by atoms with van der Waals surface area (Å²) in [6, 6.07) is 34.0. The van der Waals surface area contributed by atoms with E-state index in [1.807, 2.05) is 25.1 Å². The first kappa shape index (κ1) is 34.3. The smallest absolute Gasteiger partial charge is 0.263 e. The number of hydrogen-bond donors (Lipinski definition) is 0. The van der Waals surface area contributed by atoms with Crippen LogP contribution in [0.15, 0.2) is 148 Å². The van der Waals surface area contributed by atoms with Gasteiger partial charge in [0.25, 0.3) is 5.75 Å². The minimum Gasteiger partial charge on any atom is -0.593 e. The molecule has 49 heavy (non-hydrogen) atoms. The molecule has 0 saturated heterocycles. The topological polar surface area (TPSA) is 38.6 Å². The van der Waals surface area contributed by atoms with Crippen LogP contribution in [0.3, 0.4) is 0 Å². The average Bonchev–Trinajstić information content (AvgIpc) is 3.11. The van der Waals surface area contributed by atoms with Crippen LogP contribution >= 0.6 is 0 Å². The number of anilines is 2. The summed E-state index contributed by atoms with van der Waals surface area (Å²) in [5, 5.41) is 8.96. The number of nitrogens with zero attached hydrogens (tertiary/aromatic N) is 2. The second-order valence-electron chi connectivity index (χ2n) is 12.9. The Hall–Kier alpha value is -4.56. The molecule has 0 saturated carbocycles. The molecule has 0 unspecified atom stereocenters. The Labute approximate surface area is 307 Å². The molecule has 4 aromatic rings. The van der Waals surface area contributed by atoms with Crippen LogP contribution in [0.5, 0.6) is 11.5 Å². The van der Waals surface area contributed by atoms with E-state index in [0.29, 0.717) is 5.75 Å². The van der Waals surface area contributed by atoms with Gasteiger partial charge in [0, 0.05) is 19.8 Å². The normalized spacial score (nSPS) is 16.5. The van der Waals surface area contributed by atoms with Crippen LogP contribution in [0.25, 0.3) is 16.7 Å². The number of hydrogen-bond acceptors (Lipinski definition) is 3. The molecule has 5 heteroatoms. The molecule has 3 radical (unpaired) electrons. The van der Waals surface area contributed by atoms with E-state index in [9.17, 15) is 0 Å². The fourth-order valence-electron chi connectivity index (χ4n) is 6.40. The molecule has 0 spiro atoms. The third kappa shape index (κ3) is 8.36. The van der Waals surface area contributed by atoms with Crippen molar-refractivity contribution in [3.63, 3.8) is 0 Å². The SMILES string of the molecule is CN(C)c1ccc(C(=C\Cc2ccccc2)/C=C/C2=C(c3ccccc3)C(=C/C=C3\C=[C]([Pb])Oc4cc(N(C)C)ccc43)/CCC2)c([OH2+])c1. The van der Waals surface area contributed by atoms with Gasteiger partial charge in [0.05, 0.1) is 6.07 Å². The Kier molecular flexibility index (Phi) is 11.0. The van der Waals surface area contributed by atoms with Crippen LogP contribution in [-0.4, -0.2) is 59.1 Å². The van der Waals surface area contributed by atoms with Crippen molar-refractivity contribution >= 4 is 53.9 Å². The Morgan fingerprint density at radius 3 is 2.22 bits per heavy atom. The first-order valence-electron chi connectivity index (χ1n) is 16.8. The van der Waals surface area contributed by atoms with E-state index in [4.69, 9.17) is 9.84 Å². The maximum atomic E-state index is 8.96. The molecule has 4 nitrogen and oxygen atoms in total. The monoisotopic (exact) mass is 840 g/mol. The summed E-state index contributed by atoms with van der Waals surface area (Å²) in [6.45, 7) is 0. The predicted octanol–water partition coefficient (Wildman–Crippen LogP) is 9.49. The van der Waals surface area contributed by atoms with E-state index in [1.54, 1.807) is 0 Å². The van der Waals surface area contributed by atoms with Gasteiger partial charge in [-0.25, -0.2) is 0 Å². The third-order valence-electron chi connectivity index (χ3n) is 9.06. The maximum Gasteiger partial charge on any atom is 0.263 e. The molecule has 0 aromatic heterocycles. The minimum atomic E-state index is 0.532. The van der Waals surface area contributed by atoms with Crippen molar-refractivity contribution in [2.45, 2.75) is 25.7 Å². The van der Waals surface area contributed by atoms with Crippen LogP contribution in [0.2, 0.25) is 0 Å². The van der Waals surface area contributed by atoms with Gasteiger partial charge in [-0.3, -0.25) is 0 Å². The first-order chi connectivity index (χ1) is 23.8. The fourth-order valence-corrected chi connectivity index (χ4v) is 7.44. The largest absolute Gasteiger partial charge is 0.593 e. The Balaban J connectivity index is 1.42.